The fourth-order valence-electron chi connectivity index (χ4n) is 2.09. The zero-order valence-corrected chi connectivity index (χ0v) is 14.6. The average Bonchev–Trinajstić information content (AvgIpc) is 2.73. The Labute approximate surface area is 136 Å². The van der Waals surface area contributed by atoms with Crippen molar-refractivity contribution in [3.05, 3.63) is 43.8 Å². The number of hydrogen-bond donors (Lipinski definition) is 2. The van der Waals surface area contributed by atoms with Crippen LogP contribution in [0.3, 0.4) is 0 Å². The first kappa shape index (κ1) is 15.4. The minimum atomic E-state index is 0.386. The van der Waals surface area contributed by atoms with E-state index in [1.165, 1.54) is 4.88 Å². The molecule has 0 radical (unpaired) electrons. The number of aryl methyl sites for hydroxylation is 2. The van der Waals surface area contributed by atoms with Crippen LogP contribution in [0.25, 0.3) is 0 Å². The number of nitrogens with two attached hydrogens (primary N) is 1. The monoisotopic (exact) mass is 369 g/mol. The van der Waals surface area contributed by atoms with Gasteiger partial charge in [0.2, 0.25) is 0 Å². The van der Waals surface area contributed by atoms with Gasteiger partial charge in [0, 0.05) is 28.5 Å². The lowest BCUT2D eigenvalue weighted by Gasteiger charge is -2.14. The van der Waals surface area contributed by atoms with Crippen LogP contribution in [0.4, 0.5) is 5.69 Å². The predicted molar refractivity (Wildman–Crippen MR) is 93.8 cm³/mol. The predicted octanol–water partition coefficient (Wildman–Crippen LogP) is 3.81. The van der Waals surface area contributed by atoms with Gasteiger partial charge in [-0.05, 0) is 54.4 Å². The summed E-state index contributed by atoms with van der Waals surface area (Å²) >= 11 is 10.3. The molecule has 106 valence electrons. The molecule has 0 aliphatic heterocycles. The second-order valence-corrected chi connectivity index (χ2v) is 7.51. The smallest absolute Gasteiger partial charge is 0.107 e. The van der Waals surface area contributed by atoms with Gasteiger partial charge in [0.05, 0.1) is 9.35 Å². The van der Waals surface area contributed by atoms with Crippen molar-refractivity contribution in [2.24, 2.45) is 5.73 Å². The molecule has 0 aliphatic rings. The number of nitrogens with one attached hydrogen (secondary N) is 1. The lowest BCUT2D eigenvalue weighted by Crippen LogP contribution is -2.17. The van der Waals surface area contributed by atoms with Crippen LogP contribution in [-0.4, -0.2) is 16.5 Å². The second-order valence-electron chi connectivity index (χ2n) is 4.52. The summed E-state index contributed by atoms with van der Waals surface area (Å²) in [5.41, 5.74) is 9.45. The number of thiocarbonyl (C=S) groups is 1. The van der Waals surface area contributed by atoms with Crippen molar-refractivity contribution >= 4 is 50.2 Å². The Morgan fingerprint density at radius 3 is 2.80 bits per heavy atom. The Morgan fingerprint density at radius 2 is 2.20 bits per heavy atom. The molecule has 20 heavy (non-hydrogen) atoms. The lowest BCUT2D eigenvalue weighted by atomic mass is 10.1. The lowest BCUT2D eigenvalue weighted by molar-refractivity contribution is 1.03. The van der Waals surface area contributed by atoms with E-state index in [2.05, 4.69) is 38.4 Å². The topological polar surface area (TPSA) is 50.9 Å². The number of halogens is 1. The van der Waals surface area contributed by atoms with Crippen molar-refractivity contribution in [1.29, 1.82) is 0 Å². The van der Waals surface area contributed by atoms with E-state index in [0.717, 1.165) is 39.4 Å². The maximum absolute atomic E-state index is 5.80. The molecule has 0 bridgehead atoms. The quantitative estimate of drug-likeness (QED) is 0.786. The molecule has 0 amide bonds. The molecule has 0 atom stereocenters. The van der Waals surface area contributed by atoms with Gasteiger partial charge in [-0.2, -0.15) is 0 Å². The van der Waals surface area contributed by atoms with Gasteiger partial charge >= 0.3 is 0 Å². The molecule has 0 fully saturated rings. The van der Waals surface area contributed by atoms with E-state index in [1.807, 2.05) is 19.9 Å². The average molecular weight is 370 g/mol. The van der Waals surface area contributed by atoms with E-state index in [1.54, 1.807) is 11.3 Å². The van der Waals surface area contributed by atoms with Crippen molar-refractivity contribution in [2.75, 3.05) is 11.9 Å². The number of nitrogens with zero attached hydrogens (tertiary/aromatic N) is 1. The van der Waals surface area contributed by atoms with Crippen molar-refractivity contribution < 1.29 is 0 Å². The van der Waals surface area contributed by atoms with Crippen LogP contribution in [0.1, 0.15) is 21.8 Å². The molecule has 2 aromatic rings. The number of aromatic nitrogens is 1. The largest absolute Gasteiger partial charge is 0.389 e. The van der Waals surface area contributed by atoms with Crippen LogP contribution < -0.4 is 11.1 Å². The van der Waals surface area contributed by atoms with Gasteiger partial charge in [-0.1, -0.05) is 12.2 Å². The maximum Gasteiger partial charge on any atom is 0.107 e. The molecule has 3 N–H and O–H groups in total. The van der Waals surface area contributed by atoms with Gasteiger partial charge in [-0.15, -0.1) is 11.3 Å². The highest BCUT2D eigenvalue weighted by Gasteiger charge is 2.10. The normalized spacial score (nSPS) is 10.6. The summed E-state index contributed by atoms with van der Waals surface area (Å²) in [5, 5.41) is 3.42. The first-order chi connectivity index (χ1) is 9.47. The van der Waals surface area contributed by atoms with Crippen molar-refractivity contribution in [1.82, 2.24) is 4.98 Å². The minimum absolute atomic E-state index is 0.386. The Kier molecular flexibility index (Phi) is 5.12. The second kappa shape index (κ2) is 6.65. The van der Waals surface area contributed by atoms with Crippen LogP contribution in [0.2, 0.25) is 0 Å². The molecule has 0 unspecified atom stereocenters. The van der Waals surface area contributed by atoms with Crippen molar-refractivity contribution in [2.45, 2.75) is 20.3 Å². The molecular formula is C14H16BrN3S2. The molecule has 0 aromatic carbocycles. The van der Waals surface area contributed by atoms with Gasteiger partial charge < -0.3 is 11.1 Å². The molecule has 0 saturated carbocycles. The van der Waals surface area contributed by atoms with Gasteiger partial charge in [-0.25, -0.2) is 0 Å². The summed E-state index contributed by atoms with van der Waals surface area (Å²) in [7, 11) is 0. The Balaban J connectivity index is 2.10. The van der Waals surface area contributed by atoms with Crippen LogP contribution >= 0.6 is 39.5 Å². The zero-order chi connectivity index (χ0) is 14.7. The number of pyridine rings is 1. The Morgan fingerprint density at radius 1 is 1.45 bits per heavy atom. The fourth-order valence-corrected chi connectivity index (χ4v) is 3.83. The third-order valence-corrected chi connectivity index (χ3v) is 4.78. The number of hydrogen-bond acceptors (Lipinski definition) is 4. The van der Waals surface area contributed by atoms with E-state index in [0.29, 0.717) is 4.99 Å². The van der Waals surface area contributed by atoms with Crippen LogP contribution in [0.5, 0.6) is 0 Å². The number of anilines is 1. The van der Waals surface area contributed by atoms with Crippen LogP contribution in [0.15, 0.2) is 22.0 Å². The van der Waals surface area contributed by atoms with E-state index in [4.69, 9.17) is 18.0 Å². The molecule has 2 aromatic heterocycles. The van der Waals surface area contributed by atoms with Gasteiger partial charge in [0.15, 0.2) is 0 Å². The SMILES string of the molecule is Cc1cc(NCCc2ccc(Br)s2)c(C(N)=S)c(C)n1. The molecule has 0 spiro atoms. The van der Waals surface area contributed by atoms with E-state index in [9.17, 15) is 0 Å². The van der Waals surface area contributed by atoms with Crippen LogP contribution in [-0.2, 0) is 6.42 Å². The number of rotatable bonds is 5. The first-order valence-electron chi connectivity index (χ1n) is 6.23. The van der Waals surface area contributed by atoms with Gasteiger partial charge in [0.1, 0.15) is 4.99 Å². The summed E-state index contributed by atoms with van der Waals surface area (Å²) in [5.74, 6) is 0. The Hall–Kier alpha value is -0.980. The molecular weight excluding hydrogens is 354 g/mol. The standard InChI is InChI=1S/C14H16BrN3S2/c1-8-7-11(13(14(16)19)9(2)18-8)17-6-5-10-3-4-12(15)20-10/h3-4,7H,5-6H2,1-2H3,(H2,16,19)(H,17,18). The zero-order valence-electron chi connectivity index (χ0n) is 11.4. The third kappa shape index (κ3) is 3.77. The molecule has 6 heteroatoms. The van der Waals surface area contributed by atoms with E-state index in [-0.39, 0.29) is 0 Å². The molecule has 0 saturated heterocycles. The fraction of sp³-hybridized carbons (Fsp3) is 0.286. The van der Waals surface area contributed by atoms with Crippen molar-refractivity contribution in [3.63, 3.8) is 0 Å². The summed E-state index contributed by atoms with van der Waals surface area (Å²) in [6, 6.07) is 6.20. The molecule has 2 rings (SSSR count). The van der Waals surface area contributed by atoms with Gasteiger partial charge in [0.25, 0.3) is 0 Å². The highest BCUT2D eigenvalue weighted by atomic mass is 79.9. The minimum Gasteiger partial charge on any atom is -0.389 e. The first-order valence-corrected chi connectivity index (χ1v) is 8.25. The summed E-state index contributed by atoms with van der Waals surface area (Å²) in [6.45, 7) is 4.74. The summed E-state index contributed by atoms with van der Waals surface area (Å²) in [6.07, 6.45) is 0.966. The molecule has 2 heterocycles. The Bertz CT molecular complexity index is 637. The third-order valence-electron chi connectivity index (χ3n) is 2.89. The van der Waals surface area contributed by atoms with E-state index >= 15 is 0 Å². The maximum atomic E-state index is 5.80. The van der Waals surface area contributed by atoms with E-state index < -0.39 is 0 Å². The summed E-state index contributed by atoms with van der Waals surface area (Å²) in [4.78, 5) is 6.14. The van der Waals surface area contributed by atoms with Gasteiger partial charge in [-0.3, -0.25) is 4.98 Å². The highest BCUT2D eigenvalue weighted by molar-refractivity contribution is 9.11. The summed E-state index contributed by atoms with van der Waals surface area (Å²) < 4.78 is 1.16. The number of thiophene rings is 1. The van der Waals surface area contributed by atoms with Crippen molar-refractivity contribution in [3.8, 4) is 0 Å². The molecule has 0 aliphatic carbocycles. The van der Waals surface area contributed by atoms with Crippen LogP contribution in [0, 0.1) is 13.8 Å². The highest BCUT2D eigenvalue weighted by Crippen LogP contribution is 2.23. The molecule has 3 nitrogen and oxygen atoms in total.